The first-order chi connectivity index (χ1) is 12.5. The van der Waals surface area contributed by atoms with Gasteiger partial charge in [0, 0.05) is 18.0 Å². The number of aliphatic hydroxyl groups excluding tert-OH is 1. The van der Waals surface area contributed by atoms with Crippen LogP contribution in [0.5, 0.6) is 5.75 Å². The Morgan fingerprint density at radius 1 is 1.27 bits per heavy atom. The van der Waals surface area contributed by atoms with Gasteiger partial charge >= 0.3 is 0 Å². The van der Waals surface area contributed by atoms with Gasteiger partial charge in [-0.2, -0.15) is 0 Å². The second kappa shape index (κ2) is 8.06. The van der Waals surface area contributed by atoms with Gasteiger partial charge in [0.05, 0.1) is 13.7 Å². The third-order valence-electron chi connectivity index (χ3n) is 5.08. The van der Waals surface area contributed by atoms with E-state index in [4.69, 9.17) is 14.3 Å². The number of nitrogens with zero attached hydrogens (tertiary/aromatic N) is 1. The molecule has 0 aliphatic carbocycles. The van der Waals surface area contributed by atoms with Crippen LogP contribution in [0, 0.1) is 19.8 Å². The molecule has 140 valence electrons. The van der Waals surface area contributed by atoms with E-state index in [0.29, 0.717) is 12.3 Å². The van der Waals surface area contributed by atoms with Crippen LogP contribution >= 0.6 is 0 Å². The number of Topliss-reactive ketones (excluding diaryl/α,β-unsaturated/α-hetero) is 1. The van der Waals surface area contributed by atoms with Crippen molar-refractivity contribution in [3.05, 3.63) is 52.5 Å². The van der Waals surface area contributed by atoms with E-state index in [0.717, 1.165) is 54.1 Å². The standard InChI is InChI=1S/C21H27NO4/c1-14-9-17(10-15(2)21(14)25-3)20(24)16-5-4-8-22(11-16)12-18-6-7-19(13-23)26-18/h6-7,9-10,16,23H,4-5,8,11-13H2,1-3H3/t16-/m0/s1. The fourth-order valence-corrected chi connectivity index (χ4v) is 3.88. The zero-order chi connectivity index (χ0) is 18.7. The van der Waals surface area contributed by atoms with E-state index in [1.54, 1.807) is 13.2 Å². The maximum absolute atomic E-state index is 13.0. The monoisotopic (exact) mass is 357 g/mol. The molecular formula is C21H27NO4. The SMILES string of the molecule is COc1c(C)cc(C(=O)[C@H]2CCCN(Cc3ccc(CO)o3)C2)cc1C. The highest BCUT2D eigenvalue weighted by molar-refractivity contribution is 5.98. The van der Waals surface area contributed by atoms with E-state index >= 15 is 0 Å². The normalized spacial score (nSPS) is 18.1. The number of hydrogen-bond acceptors (Lipinski definition) is 5. The number of ether oxygens (including phenoxy) is 1. The highest BCUT2D eigenvalue weighted by Gasteiger charge is 2.27. The van der Waals surface area contributed by atoms with Crippen LogP contribution in [0.1, 0.15) is 45.8 Å². The van der Waals surface area contributed by atoms with Crippen LogP contribution in [-0.4, -0.2) is 36.0 Å². The molecule has 1 atom stereocenters. The van der Waals surface area contributed by atoms with E-state index < -0.39 is 0 Å². The maximum atomic E-state index is 13.0. The molecule has 0 saturated carbocycles. The van der Waals surface area contributed by atoms with E-state index in [1.807, 2.05) is 32.0 Å². The molecule has 1 aromatic carbocycles. The maximum Gasteiger partial charge on any atom is 0.167 e. The first-order valence-electron chi connectivity index (χ1n) is 9.12. The van der Waals surface area contributed by atoms with Gasteiger partial charge in [0.1, 0.15) is 23.9 Å². The van der Waals surface area contributed by atoms with Crippen molar-refractivity contribution in [3.8, 4) is 5.75 Å². The highest BCUT2D eigenvalue weighted by Crippen LogP contribution is 2.28. The van der Waals surface area contributed by atoms with Gasteiger partial charge in [-0.3, -0.25) is 9.69 Å². The van der Waals surface area contributed by atoms with Gasteiger partial charge < -0.3 is 14.3 Å². The van der Waals surface area contributed by atoms with Crippen molar-refractivity contribution in [3.63, 3.8) is 0 Å². The van der Waals surface area contributed by atoms with E-state index in [1.165, 1.54) is 0 Å². The number of benzene rings is 1. The third-order valence-corrected chi connectivity index (χ3v) is 5.08. The number of ketones is 1. The summed E-state index contributed by atoms with van der Waals surface area (Å²) in [4.78, 5) is 15.3. The molecule has 1 aromatic heterocycles. The molecule has 0 unspecified atom stereocenters. The van der Waals surface area contributed by atoms with Crippen molar-refractivity contribution in [2.75, 3.05) is 20.2 Å². The van der Waals surface area contributed by atoms with E-state index in [9.17, 15) is 4.79 Å². The van der Waals surface area contributed by atoms with Crippen LogP contribution in [0.3, 0.4) is 0 Å². The van der Waals surface area contributed by atoms with Crippen molar-refractivity contribution in [1.29, 1.82) is 0 Å². The minimum absolute atomic E-state index is 0.00298. The Hall–Kier alpha value is -2.11. The molecule has 26 heavy (non-hydrogen) atoms. The molecule has 0 spiro atoms. The van der Waals surface area contributed by atoms with Gasteiger partial charge in [-0.05, 0) is 68.6 Å². The Bertz CT molecular complexity index is 757. The zero-order valence-electron chi connectivity index (χ0n) is 15.7. The molecule has 5 nitrogen and oxygen atoms in total. The fraction of sp³-hybridized carbons (Fsp3) is 0.476. The molecule has 0 radical (unpaired) electrons. The molecule has 1 saturated heterocycles. The number of carbonyl (C=O) groups is 1. The van der Waals surface area contributed by atoms with Crippen molar-refractivity contribution in [1.82, 2.24) is 4.90 Å². The highest BCUT2D eigenvalue weighted by atomic mass is 16.5. The number of likely N-dealkylation sites (tertiary alicyclic amines) is 1. The predicted molar refractivity (Wildman–Crippen MR) is 99.4 cm³/mol. The van der Waals surface area contributed by atoms with Crippen LogP contribution in [0.2, 0.25) is 0 Å². The molecule has 3 rings (SSSR count). The van der Waals surface area contributed by atoms with Gasteiger partial charge in [0.15, 0.2) is 5.78 Å². The average Bonchev–Trinajstić information content (AvgIpc) is 3.08. The van der Waals surface area contributed by atoms with Crippen LogP contribution in [0.4, 0.5) is 0 Å². The van der Waals surface area contributed by atoms with Crippen molar-refractivity contribution < 1.29 is 19.1 Å². The lowest BCUT2D eigenvalue weighted by Crippen LogP contribution is -2.38. The van der Waals surface area contributed by atoms with Crippen LogP contribution in [0.25, 0.3) is 0 Å². The molecule has 1 fully saturated rings. The summed E-state index contributed by atoms with van der Waals surface area (Å²) >= 11 is 0. The summed E-state index contributed by atoms with van der Waals surface area (Å²) in [7, 11) is 1.66. The number of rotatable bonds is 6. The summed E-state index contributed by atoms with van der Waals surface area (Å²) < 4.78 is 11.0. The molecule has 1 aliphatic heterocycles. The predicted octanol–water partition coefficient (Wildman–Crippen LogP) is 3.49. The minimum Gasteiger partial charge on any atom is -0.496 e. The number of methoxy groups -OCH3 is 1. The zero-order valence-corrected chi connectivity index (χ0v) is 15.7. The number of aliphatic hydroxyl groups is 1. The van der Waals surface area contributed by atoms with Crippen LogP contribution in [-0.2, 0) is 13.2 Å². The smallest absolute Gasteiger partial charge is 0.167 e. The summed E-state index contributed by atoms with van der Waals surface area (Å²) in [5, 5.41) is 9.12. The average molecular weight is 357 g/mol. The first-order valence-corrected chi connectivity index (χ1v) is 9.12. The Morgan fingerprint density at radius 2 is 1.96 bits per heavy atom. The van der Waals surface area contributed by atoms with Gasteiger partial charge in [0.2, 0.25) is 0 Å². The molecule has 2 heterocycles. The quantitative estimate of drug-likeness (QED) is 0.802. The number of carbonyl (C=O) groups excluding carboxylic acids is 1. The van der Waals surface area contributed by atoms with Crippen molar-refractivity contribution >= 4 is 5.78 Å². The molecule has 5 heteroatoms. The van der Waals surface area contributed by atoms with E-state index in [2.05, 4.69) is 4.90 Å². The summed E-state index contributed by atoms with van der Waals surface area (Å²) in [6, 6.07) is 7.57. The Morgan fingerprint density at radius 3 is 2.58 bits per heavy atom. The lowest BCUT2D eigenvalue weighted by atomic mass is 9.88. The molecule has 1 aliphatic rings. The Labute approximate surface area is 154 Å². The Balaban J connectivity index is 1.69. The fourth-order valence-electron chi connectivity index (χ4n) is 3.88. The number of furan rings is 1. The number of hydrogen-bond donors (Lipinski definition) is 1. The number of piperidine rings is 1. The van der Waals surface area contributed by atoms with Gasteiger partial charge in [0.25, 0.3) is 0 Å². The molecule has 0 bridgehead atoms. The molecule has 2 aromatic rings. The topological polar surface area (TPSA) is 62.9 Å². The van der Waals surface area contributed by atoms with Gasteiger partial charge in [-0.25, -0.2) is 0 Å². The van der Waals surface area contributed by atoms with E-state index in [-0.39, 0.29) is 18.3 Å². The lowest BCUT2D eigenvalue weighted by Gasteiger charge is -2.31. The van der Waals surface area contributed by atoms with Crippen molar-refractivity contribution in [2.45, 2.75) is 39.8 Å². The summed E-state index contributed by atoms with van der Waals surface area (Å²) in [6.07, 6.45) is 1.91. The van der Waals surface area contributed by atoms with Crippen LogP contribution < -0.4 is 4.74 Å². The summed E-state index contributed by atoms with van der Waals surface area (Å²) in [6.45, 7) is 6.23. The summed E-state index contributed by atoms with van der Waals surface area (Å²) in [5.41, 5.74) is 2.76. The summed E-state index contributed by atoms with van der Waals surface area (Å²) in [5.74, 6) is 2.47. The molecule has 1 N–H and O–H groups in total. The number of aryl methyl sites for hydroxylation is 2. The largest absolute Gasteiger partial charge is 0.496 e. The lowest BCUT2D eigenvalue weighted by molar-refractivity contribution is 0.0801. The Kier molecular flexibility index (Phi) is 5.79. The van der Waals surface area contributed by atoms with Crippen LogP contribution in [0.15, 0.2) is 28.7 Å². The van der Waals surface area contributed by atoms with Gasteiger partial charge in [-0.15, -0.1) is 0 Å². The van der Waals surface area contributed by atoms with Crippen molar-refractivity contribution in [2.24, 2.45) is 5.92 Å². The second-order valence-electron chi connectivity index (χ2n) is 7.11. The first kappa shape index (κ1) is 18.7. The molecule has 0 amide bonds. The second-order valence-corrected chi connectivity index (χ2v) is 7.11. The minimum atomic E-state index is -0.0860. The molecular weight excluding hydrogens is 330 g/mol. The van der Waals surface area contributed by atoms with Gasteiger partial charge in [-0.1, -0.05) is 0 Å². The third kappa shape index (κ3) is 4.00.